The number of benzene rings is 1. The zero-order valence-electron chi connectivity index (χ0n) is 14.1. The standard InChI is InChI=1S/C18H20FNO3S/c1-12(2)16(20(4)24(5,21)22)11-17-13(3)10-18(23-17)14-6-8-15(19)9-7-14/h6-11H,3H2,1-2,4-5H3/b17-11+. The molecule has 0 saturated heterocycles. The number of hydrogen-bond donors (Lipinski definition) is 0. The molecule has 1 heterocycles. The van der Waals surface area contributed by atoms with Gasteiger partial charge >= 0.3 is 0 Å². The largest absolute Gasteiger partial charge is 0.456 e. The minimum Gasteiger partial charge on any atom is -0.456 e. The molecule has 0 saturated carbocycles. The molecule has 2 rings (SSSR count). The Labute approximate surface area is 141 Å². The summed E-state index contributed by atoms with van der Waals surface area (Å²) in [4.78, 5) is 0. The summed E-state index contributed by atoms with van der Waals surface area (Å²) in [6.07, 6.45) is 2.78. The molecule has 128 valence electrons. The van der Waals surface area contributed by atoms with Crippen LogP contribution in [-0.4, -0.2) is 26.0 Å². The average Bonchev–Trinajstić information content (AvgIpc) is 2.84. The molecule has 0 aliphatic heterocycles. The Bertz CT molecular complexity index is 982. The maximum absolute atomic E-state index is 13.0. The summed E-state index contributed by atoms with van der Waals surface area (Å²) in [7, 11) is -1.90. The second-order valence-corrected chi connectivity index (χ2v) is 7.78. The molecule has 0 aliphatic carbocycles. The summed E-state index contributed by atoms with van der Waals surface area (Å²) in [6.45, 7) is 7.57. The summed E-state index contributed by atoms with van der Waals surface area (Å²) in [6, 6.07) is 7.66. The van der Waals surface area contributed by atoms with Gasteiger partial charge in [-0.25, -0.2) is 12.8 Å². The highest BCUT2D eigenvalue weighted by Gasteiger charge is 2.15. The fourth-order valence-electron chi connectivity index (χ4n) is 2.17. The Morgan fingerprint density at radius 2 is 1.83 bits per heavy atom. The Morgan fingerprint density at radius 3 is 2.33 bits per heavy atom. The second kappa shape index (κ2) is 6.65. The van der Waals surface area contributed by atoms with Gasteiger partial charge in [0.2, 0.25) is 10.0 Å². The fraction of sp³-hybridized carbons (Fsp3) is 0.222. The molecule has 0 N–H and O–H groups in total. The van der Waals surface area contributed by atoms with E-state index in [1.165, 1.54) is 23.5 Å². The lowest BCUT2D eigenvalue weighted by molar-refractivity contribution is 0.529. The van der Waals surface area contributed by atoms with Crippen LogP contribution in [-0.2, 0) is 10.0 Å². The first kappa shape index (κ1) is 18.0. The molecule has 24 heavy (non-hydrogen) atoms. The summed E-state index contributed by atoms with van der Waals surface area (Å²) < 4.78 is 43.6. The van der Waals surface area contributed by atoms with Gasteiger partial charge in [-0.3, -0.25) is 4.31 Å². The number of furan rings is 1. The number of allylic oxidation sites excluding steroid dienone is 2. The monoisotopic (exact) mass is 349 g/mol. The summed E-state index contributed by atoms with van der Waals surface area (Å²) in [5.41, 5.74) is 2.52. The van der Waals surface area contributed by atoms with Crippen LogP contribution in [0.15, 0.2) is 46.0 Å². The molecule has 2 aromatic rings. The van der Waals surface area contributed by atoms with Gasteiger partial charge in [0.1, 0.15) is 17.0 Å². The van der Waals surface area contributed by atoms with Crippen molar-refractivity contribution in [1.29, 1.82) is 0 Å². The Balaban J connectivity index is 2.56. The van der Waals surface area contributed by atoms with Crippen LogP contribution < -0.4 is 10.6 Å². The summed E-state index contributed by atoms with van der Waals surface area (Å²) >= 11 is 0. The van der Waals surface area contributed by atoms with Crippen molar-refractivity contribution in [3.8, 4) is 11.3 Å². The zero-order chi connectivity index (χ0) is 18.1. The number of sulfonamides is 1. The predicted molar refractivity (Wildman–Crippen MR) is 94.3 cm³/mol. The quantitative estimate of drug-likeness (QED) is 0.852. The van der Waals surface area contributed by atoms with E-state index in [1.807, 2.05) is 13.8 Å². The van der Waals surface area contributed by atoms with Crippen LogP contribution in [0.2, 0.25) is 0 Å². The van der Waals surface area contributed by atoms with E-state index in [2.05, 4.69) is 6.58 Å². The molecule has 0 radical (unpaired) electrons. The van der Waals surface area contributed by atoms with E-state index in [4.69, 9.17) is 4.42 Å². The van der Waals surface area contributed by atoms with Gasteiger partial charge < -0.3 is 4.42 Å². The topological polar surface area (TPSA) is 50.5 Å². The minimum absolute atomic E-state index is 0.325. The van der Waals surface area contributed by atoms with Crippen LogP contribution in [0.3, 0.4) is 0 Å². The Hall–Kier alpha value is -2.34. The van der Waals surface area contributed by atoms with Gasteiger partial charge in [0.25, 0.3) is 0 Å². The molecule has 4 nitrogen and oxygen atoms in total. The van der Waals surface area contributed by atoms with Gasteiger partial charge in [-0.2, -0.15) is 0 Å². The van der Waals surface area contributed by atoms with Crippen molar-refractivity contribution in [2.45, 2.75) is 13.8 Å². The van der Waals surface area contributed by atoms with Crippen molar-refractivity contribution in [3.63, 3.8) is 0 Å². The SMILES string of the molecule is C=c1cc(-c2ccc(F)cc2)o/c1=C/C(=C(C)C)N(C)S(C)(=O)=O. The van der Waals surface area contributed by atoms with Crippen LogP contribution in [0, 0.1) is 5.82 Å². The normalized spacial score (nSPS) is 12.3. The first-order valence-electron chi connectivity index (χ1n) is 7.27. The van der Waals surface area contributed by atoms with E-state index in [1.54, 1.807) is 24.3 Å². The van der Waals surface area contributed by atoms with Gasteiger partial charge in [-0.1, -0.05) is 12.2 Å². The molecule has 1 aromatic heterocycles. The molecule has 1 aromatic carbocycles. The third kappa shape index (κ3) is 3.94. The maximum Gasteiger partial charge on any atom is 0.231 e. The average molecular weight is 349 g/mol. The number of halogens is 1. The van der Waals surface area contributed by atoms with E-state index >= 15 is 0 Å². The van der Waals surface area contributed by atoms with Crippen LogP contribution >= 0.6 is 0 Å². The van der Waals surface area contributed by atoms with E-state index in [0.29, 0.717) is 22.1 Å². The third-order valence-corrected chi connectivity index (χ3v) is 4.78. The maximum atomic E-state index is 13.0. The lowest BCUT2D eigenvalue weighted by atomic mass is 10.2. The van der Waals surface area contributed by atoms with Crippen molar-refractivity contribution in [1.82, 2.24) is 4.31 Å². The predicted octanol–water partition coefficient (Wildman–Crippen LogP) is 2.46. The highest BCUT2D eigenvalue weighted by atomic mass is 32.2. The van der Waals surface area contributed by atoms with Crippen LogP contribution in [0.25, 0.3) is 24.0 Å². The lowest BCUT2D eigenvalue weighted by Gasteiger charge is -2.19. The third-order valence-electron chi connectivity index (χ3n) is 3.59. The van der Waals surface area contributed by atoms with Crippen molar-refractivity contribution >= 4 is 22.7 Å². The van der Waals surface area contributed by atoms with Gasteiger partial charge in [-0.15, -0.1) is 0 Å². The van der Waals surface area contributed by atoms with Crippen molar-refractivity contribution in [2.24, 2.45) is 0 Å². The van der Waals surface area contributed by atoms with Crippen molar-refractivity contribution in [3.05, 3.63) is 58.1 Å². The highest BCUT2D eigenvalue weighted by molar-refractivity contribution is 7.88. The molecule has 0 unspecified atom stereocenters. The van der Waals surface area contributed by atoms with Crippen LogP contribution in [0.1, 0.15) is 13.8 Å². The van der Waals surface area contributed by atoms with Gasteiger partial charge in [0.05, 0.1) is 12.0 Å². The number of rotatable bonds is 4. The Morgan fingerprint density at radius 1 is 1.25 bits per heavy atom. The molecule has 0 bridgehead atoms. The molecule has 0 fully saturated rings. The molecule has 0 aliphatic rings. The zero-order valence-corrected chi connectivity index (χ0v) is 14.9. The van der Waals surface area contributed by atoms with Gasteiger partial charge in [0, 0.05) is 23.9 Å². The lowest BCUT2D eigenvalue weighted by Crippen LogP contribution is -2.27. The first-order chi connectivity index (χ1) is 11.1. The molecular weight excluding hydrogens is 329 g/mol. The smallest absolute Gasteiger partial charge is 0.231 e. The van der Waals surface area contributed by atoms with E-state index in [9.17, 15) is 12.8 Å². The molecule has 0 spiro atoms. The summed E-state index contributed by atoms with van der Waals surface area (Å²) in [5.74, 6) is 0.218. The van der Waals surface area contributed by atoms with E-state index < -0.39 is 10.0 Å². The summed E-state index contributed by atoms with van der Waals surface area (Å²) in [5, 5.41) is 0.620. The molecule has 0 amide bonds. The van der Waals surface area contributed by atoms with E-state index in [-0.39, 0.29) is 5.82 Å². The first-order valence-corrected chi connectivity index (χ1v) is 9.12. The molecule has 0 atom stereocenters. The second-order valence-electron chi connectivity index (χ2n) is 5.77. The molecular formula is C18H20FNO3S. The number of nitrogens with zero attached hydrogens (tertiary/aromatic N) is 1. The van der Waals surface area contributed by atoms with Crippen LogP contribution in [0.4, 0.5) is 4.39 Å². The highest BCUT2D eigenvalue weighted by Crippen LogP contribution is 2.18. The Kier molecular flexibility index (Phi) is 4.99. The van der Waals surface area contributed by atoms with Gasteiger partial charge in [-0.05, 0) is 44.2 Å². The van der Waals surface area contributed by atoms with Crippen molar-refractivity contribution in [2.75, 3.05) is 13.3 Å². The molecule has 6 heteroatoms. The van der Waals surface area contributed by atoms with Crippen molar-refractivity contribution < 1.29 is 17.2 Å². The van der Waals surface area contributed by atoms with Gasteiger partial charge in [0.15, 0.2) is 0 Å². The minimum atomic E-state index is -3.39. The van der Waals surface area contributed by atoms with Crippen LogP contribution in [0.5, 0.6) is 0 Å². The number of hydrogen-bond acceptors (Lipinski definition) is 3. The van der Waals surface area contributed by atoms with E-state index in [0.717, 1.165) is 17.4 Å². The fourth-order valence-corrected chi connectivity index (χ4v) is 2.77.